The van der Waals surface area contributed by atoms with E-state index < -0.39 is 0 Å². The van der Waals surface area contributed by atoms with Gasteiger partial charge in [0.25, 0.3) is 5.91 Å². The number of amides is 1. The second kappa shape index (κ2) is 7.58. The van der Waals surface area contributed by atoms with Crippen molar-refractivity contribution < 1.29 is 4.79 Å². The minimum Gasteiger partial charge on any atom is -0.384 e. The molecule has 0 atom stereocenters. The third kappa shape index (κ3) is 4.17. The molecule has 2 N–H and O–H groups in total. The molecule has 1 saturated heterocycles. The minimum atomic E-state index is 0.0594. The van der Waals surface area contributed by atoms with Crippen LogP contribution in [0.5, 0.6) is 0 Å². The first-order valence-corrected chi connectivity index (χ1v) is 8.59. The topological polar surface area (TPSA) is 41.1 Å². The van der Waals surface area contributed by atoms with Crippen molar-refractivity contribution in [2.45, 2.75) is 39.2 Å². The molecule has 0 aliphatic carbocycles. The Morgan fingerprint density at radius 1 is 1.35 bits per heavy atom. The van der Waals surface area contributed by atoms with E-state index in [2.05, 4.69) is 17.6 Å². The van der Waals surface area contributed by atoms with Crippen LogP contribution in [0, 0.1) is 6.92 Å². The number of carbonyl (C=O) groups excluding carboxylic acids is 1. The Labute approximate surface area is 125 Å². The lowest BCUT2D eigenvalue weighted by Gasteiger charge is -2.23. The Morgan fingerprint density at radius 2 is 2.10 bits per heavy atom. The van der Waals surface area contributed by atoms with E-state index in [0.717, 1.165) is 54.1 Å². The Morgan fingerprint density at radius 3 is 2.80 bits per heavy atom. The molecule has 0 aromatic heterocycles. The molecular weight excluding hydrogens is 268 g/mol. The first kappa shape index (κ1) is 15.2. The molecule has 1 aliphatic rings. The largest absolute Gasteiger partial charge is 0.384 e. The number of anilines is 1. The fraction of sp³-hybridized carbons (Fsp3) is 0.562. The average Bonchev–Trinajstić information content (AvgIpc) is 2.47. The lowest BCUT2D eigenvalue weighted by Crippen LogP contribution is -2.37. The second-order valence-corrected chi connectivity index (χ2v) is 6.56. The zero-order valence-corrected chi connectivity index (χ0v) is 13.2. The van der Waals surface area contributed by atoms with Crippen molar-refractivity contribution >= 4 is 23.4 Å². The first-order chi connectivity index (χ1) is 9.70. The molecule has 0 radical (unpaired) electrons. The highest BCUT2D eigenvalue weighted by molar-refractivity contribution is 7.99. The smallest absolute Gasteiger partial charge is 0.253 e. The number of carbonyl (C=O) groups is 1. The molecule has 0 unspecified atom stereocenters. The van der Waals surface area contributed by atoms with Gasteiger partial charge in [-0.1, -0.05) is 18.6 Å². The molecule has 1 amide bonds. The maximum absolute atomic E-state index is 12.5. The third-order valence-electron chi connectivity index (χ3n) is 3.54. The number of hydrogen-bond acceptors (Lipinski definition) is 3. The lowest BCUT2D eigenvalue weighted by molar-refractivity contribution is 0.0935. The standard InChI is InChI=1S/C16H24N2OS/c1-3-8-17-15-5-4-12(2)11-14(15)16(19)18-13-6-9-20-10-7-13/h4-5,11,13,17H,3,6-10H2,1-2H3,(H,18,19). The van der Waals surface area contributed by atoms with E-state index in [-0.39, 0.29) is 5.91 Å². The van der Waals surface area contributed by atoms with Crippen LogP contribution in [-0.4, -0.2) is 30.0 Å². The van der Waals surface area contributed by atoms with Gasteiger partial charge in [0.2, 0.25) is 0 Å². The van der Waals surface area contributed by atoms with E-state index in [1.165, 1.54) is 0 Å². The van der Waals surface area contributed by atoms with Crippen LogP contribution in [0.25, 0.3) is 0 Å². The van der Waals surface area contributed by atoms with Crippen LogP contribution in [0.3, 0.4) is 0 Å². The van der Waals surface area contributed by atoms with E-state index in [1.54, 1.807) is 0 Å². The van der Waals surface area contributed by atoms with Gasteiger partial charge in [0.05, 0.1) is 5.56 Å². The Kier molecular flexibility index (Phi) is 5.77. The highest BCUT2D eigenvalue weighted by Crippen LogP contribution is 2.20. The van der Waals surface area contributed by atoms with Crippen LogP contribution in [0.15, 0.2) is 18.2 Å². The molecule has 1 fully saturated rings. The SMILES string of the molecule is CCCNc1ccc(C)cc1C(=O)NC1CCSCC1. The predicted octanol–water partition coefficient (Wildman–Crippen LogP) is 3.44. The molecule has 0 bridgehead atoms. The highest BCUT2D eigenvalue weighted by atomic mass is 32.2. The molecule has 1 aromatic rings. The summed E-state index contributed by atoms with van der Waals surface area (Å²) < 4.78 is 0. The van der Waals surface area contributed by atoms with Crippen molar-refractivity contribution in [3.8, 4) is 0 Å². The van der Waals surface area contributed by atoms with Gasteiger partial charge in [-0.2, -0.15) is 11.8 Å². The van der Waals surface area contributed by atoms with Gasteiger partial charge < -0.3 is 10.6 Å². The summed E-state index contributed by atoms with van der Waals surface area (Å²) in [5, 5.41) is 6.53. The molecule has 4 heteroatoms. The maximum Gasteiger partial charge on any atom is 0.253 e. The van der Waals surface area contributed by atoms with Crippen molar-refractivity contribution in [3.63, 3.8) is 0 Å². The molecule has 3 nitrogen and oxygen atoms in total. The molecule has 1 heterocycles. The second-order valence-electron chi connectivity index (χ2n) is 5.34. The van der Waals surface area contributed by atoms with Crippen molar-refractivity contribution in [1.29, 1.82) is 0 Å². The Balaban J connectivity index is 2.08. The van der Waals surface area contributed by atoms with E-state index in [1.807, 2.05) is 36.9 Å². The molecule has 0 spiro atoms. The summed E-state index contributed by atoms with van der Waals surface area (Å²) in [5.74, 6) is 2.36. The number of hydrogen-bond donors (Lipinski definition) is 2. The number of benzene rings is 1. The normalized spacial score (nSPS) is 15.9. The average molecular weight is 292 g/mol. The van der Waals surface area contributed by atoms with Crippen LogP contribution in [0.1, 0.15) is 42.1 Å². The number of aryl methyl sites for hydroxylation is 1. The Hall–Kier alpha value is -1.16. The number of rotatable bonds is 5. The van der Waals surface area contributed by atoms with Crippen LogP contribution in [-0.2, 0) is 0 Å². The van der Waals surface area contributed by atoms with Crippen LogP contribution in [0.4, 0.5) is 5.69 Å². The summed E-state index contributed by atoms with van der Waals surface area (Å²) in [6.07, 6.45) is 3.22. The summed E-state index contributed by atoms with van der Waals surface area (Å²) in [4.78, 5) is 12.5. The zero-order valence-electron chi connectivity index (χ0n) is 12.4. The lowest BCUT2D eigenvalue weighted by atomic mass is 10.1. The molecule has 2 rings (SSSR count). The van der Waals surface area contributed by atoms with Gasteiger partial charge in [-0.25, -0.2) is 0 Å². The van der Waals surface area contributed by atoms with Crippen LogP contribution < -0.4 is 10.6 Å². The third-order valence-corrected chi connectivity index (χ3v) is 4.59. The van der Waals surface area contributed by atoms with Gasteiger partial charge in [-0.3, -0.25) is 4.79 Å². The summed E-state index contributed by atoms with van der Waals surface area (Å²) in [6.45, 7) is 5.04. The number of nitrogens with one attached hydrogen (secondary N) is 2. The van der Waals surface area contributed by atoms with Crippen molar-refractivity contribution in [1.82, 2.24) is 5.32 Å². The van der Waals surface area contributed by atoms with Gasteiger partial charge in [-0.15, -0.1) is 0 Å². The zero-order chi connectivity index (χ0) is 14.4. The fourth-order valence-electron chi connectivity index (χ4n) is 2.36. The van der Waals surface area contributed by atoms with Crippen molar-refractivity contribution in [2.75, 3.05) is 23.4 Å². The van der Waals surface area contributed by atoms with Gasteiger partial charge in [0.15, 0.2) is 0 Å². The van der Waals surface area contributed by atoms with Gasteiger partial charge in [0, 0.05) is 18.3 Å². The van der Waals surface area contributed by atoms with Gasteiger partial charge in [-0.05, 0) is 49.8 Å². The summed E-state index contributed by atoms with van der Waals surface area (Å²) in [7, 11) is 0. The minimum absolute atomic E-state index is 0.0594. The van der Waals surface area contributed by atoms with E-state index in [9.17, 15) is 4.79 Å². The maximum atomic E-state index is 12.5. The quantitative estimate of drug-likeness (QED) is 0.873. The molecule has 0 saturated carbocycles. The monoisotopic (exact) mass is 292 g/mol. The van der Waals surface area contributed by atoms with E-state index >= 15 is 0 Å². The molecule has 1 aliphatic heterocycles. The molecule has 1 aromatic carbocycles. The van der Waals surface area contributed by atoms with Gasteiger partial charge in [0.1, 0.15) is 0 Å². The van der Waals surface area contributed by atoms with Crippen molar-refractivity contribution in [3.05, 3.63) is 29.3 Å². The van der Waals surface area contributed by atoms with Crippen LogP contribution >= 0.6 is 11.8 Å². The van der Waals surface area contributed by atoms with Crippen molar-refractivity contribution in [2.24, 2.45) is 0 Å². The highest BCUT2D eigenvalue weighted by Gasteiger charge is 2.18. The van der Waals surface area contributed by atoms with E-state index in [4.69, 9.17) is 0 Å². The van der Waals surface area contributed by atoms with E-state index in [0.29, 0.717) is 6.04 Å². The first-order valence-electron chi connectivity index (χ1n) is 7.44. The Bertz CT molecular complexity index is 456. The summed E-state index contributed by atoms with van der Waals surface area (Å²) in [6, 6.07) is 6.37. The fourth-order valence-corrected chi connectivity index (χ4v) is 3.47. The van der Waals surface area contributed by atoms with Gasteiger partial charge >= 0.3 is 0 Å². The van der Waals surface area contributed by atoms with Crippen LogP contribution in [0.2, 0.25) is 0 Å². The molecular formula is C16H24N2OS. The summed E-state index contributed by atoms with van der Waals surface area (Å²) >= 11 is 1.97. The number of thioether (sulfide) groups is 1. The summed E-state index contributed by atoms with van der Waals surface area (Å²) in [5.41, 5.74) is 2.84. The molecule has 20 heavy (non-hydrogen) atoms. The molecule has 110 valence electrons. The predicted molar refractivity (Wildman–Crippen MR) is 87.8 cm³/mol.